The predicted molar refractivity (Wildman–Crippen MR) is 321 cm³/mol. The Morgan fingerprint density at radius 1 is 0.430 bits per heavy atom. The first-order valence-electron chi connectivity index (χ1n) is 30.9. The van der Waals surface area contributed by atoms with Crippen molar-refractivity contribution in [2.24, 2.45) is 0 Å². The Kier molecular flexibility index (Phi) is 49.5. The summed E-state index contributed by atoms with van der Waals surface area (Å²) in [6, 6.07) is 0. The van der Waals surface area contributed by atoms with Gasteiger partial charge in [0.2, 0.25) is 0 Å². The number of esters is 3. The van der Waals surface area contributed by atoms with Crippen molar-refractivity contribution in [3.8, 4) is 0 Å². The second-order valence-electron chi connectivity index (χ2n) is 20.6. The SMILES string of the molecule is CC/C=C\C/C=C\C/C=C\C/C=C\C/C=C\CCCCCC(=O)OC1C(OCC(COC(=O)CCCCCCCCC/C=C\C/C=C\C/C=C\CC)OC(=O)CCCCCCC/C=C\CCCCCC)OC(C(=O)O)C(O)C1O. The van der Waals surface area contributed by atoms with Gasteiger partial charge in [-0.1, -0.05) is 207 Å². The standard InChI is InChI=1S/C67H108O12/c1-4-7-10-13-16-19-22-25-27-29-30-32-34-37-40-43-46-49-52-55-61(70)78-65-63(72)62(71)64(66(73)74)79-67(65)76-57-58(77-60(69)54-51-48-45-42-39-35-24-21-18-15-12-9-6-3)56-75-59(68)53-50-47-44-41-38-36-33-31-28-26-23-20-17-14-11-8-5-2/h7-8,10-11,16-17,19-21,24-28,30,32,37,40,58,62-65,67,71-72H,4-6,9,12-15,18,22-23,29,31,33-36,38-39,41-57H2,1-3H3,(H,73,74)/b10-7-,11-8-,19-16-,20-17-,24-21-,27-25-,28-26-,32-30-,40-37-. The molecule has 1 saturated heterocycles. The number of unbranched alkanes of at least 4 members (excludes halogenated alkanes) is 19. The number of aliphatic carboxylic acids is 1. The minimum absolute atomic E-state index is 0.0146. The average Bonchev–Trinajstić information content (AvgIpc) is 3.46. The van der Waals surface area contributed by atoms with Gasteiger partial charge in [0.1, 0.15) is 18.8 Å². The van der Waals surface area contributed by atoms with E-state index in [0.29, 0.717) is 19.3 Å². The van der Waals surface area contributed by atoms with E-state index in [1.54, 1.807) is 0 Å². The van der Waals surface area contributed by atoms with Crippen molar-refractivity contribution in [3.05, 3.63) is 109 Å². The Morgan fingerprint density at radius 2 is 0.797 bits per heavy atom. The fraction of sp³-hybridized carbons (Fsp3) is 0.672. The van der Waals surface area contributed by atoms with Gasteiger partial charge >= 0.3 is 23.9 Å². The highest BCUT2D eigenvalue weighted by Gasteiger charge is 2.50. The van der Waals surface area contributed by atoms with Gasteiger partial charge in [-0.2, -0.15) is 0 Å². The molecule has 0 aliphatic carbocycles. The highest BCUT2D eigenvalue weighted by molar-refractivity contribution is 5.74. The van der Waals surface area contributed by atoms with Crippen molar-refractivity contribution in [2.45, 2.75) is 276 Å². The van der Waals surface area contributed by atoms with Crippen molar-refractivity contribution in [2.75, 3.05) is 13.2 Å². The van der Waals surface area contributed by atoms with E-state index in [1.807, 2.05) is 0 Å². The summed E-state index contributed by atoms with van der Waals surface area (Å²) >= 11 is 0. The van der Waals surface area contributed by atoms with Crippen LogP contribution in [0.4, 0.5) is 0 Å². The molecule has 448 valence electrons. The molecule has 1 aliphatic heterocycles. The molecule has 1 aliphatic rings. The van der Waals surface area contributed by atoms with Crippen LogP contribution in [0.25, 0.3) is 0 Å². The largest absolute Gasteiger partial charge is 0.479 e. The van der Waals surface area contributed by atoms with E-state index in [-0.39, 0.29) is 25.9 Å². The summed E-state index contributed by atoms with van der Waals surface area (Å²) < 4.78 is 28.4. The average molecular weight is 1110 g/mol. The molecule has 0 aromatic rings. The molecule has 0 radical (unpaired) electrons. The number of aliphatic hydroxyl groups is 2. The number of carbonyl (C=O) groups is 4. The lowest BCUT2D eigenvalue weighted by Crippen LogP contribution is -2.61. The lowest BCUT2D eigenvalue weighted by atomic mass is 9.98. The Labute approximate surface area is 478 Å². The number of carboxylic acid groups (broad SMARTS) is 1. The van der Waals surface area contributed by atoms with Crippen LogP contribution in [-0.2, 0) is 42.9 Å². The summed E-state index contributed by atoms with van der Waals surface area (Å²) in [6.07, 6.45) is 60.5. The van der Waals surface area contributed by atoms with Gasteiger partial charge in [-0.15, -0.1) is 0 Å². The molecule has 0 aromatic heterocycles. The van der Waals surface area contributed by atoms with Gasteiger partial charge in [-0.3, -0.25) is 14.4 Å². The molecule has 12 heteroatoms. The number of carboxylic acids is 1. The second kappa shape index (κ2) is 54.0. The molecule has 1 fully saturated rings. The van der Waals surface area contributed by atoms with Gasteiger partial charge in [0.05, 0.1) is 6.61 Å². The van der Waals surface area contributed by atoms with Gasteiger partial charge in [0.15, 0.2) is 24.6 Å². The maximum Gasteiger partial charge on any atom is 0.335 e. The van der Waals surface area contributed by atoms with Crippen molar-refractivity contribution in [3.63, 3.8) is 0 Å². The summed E-state index contributed by atoms with van der Waals surface area (Å²) in [7, 11) is 0. The predicted octanol–water partition coefficient (Wildman–Crippen LogP) is 16.2. The number of rotatable bonds is 51. The van der Waals surface area contributed by atoms with Gasteiger partial charge in [0, 0.05) is 19.3 Å². The van der Waals surface area contributed by atoms with Crippen molar-refractivity contribution < 1.29 is 58.2 Å². The Morgan fingerprint density at radius 3 is 1.24 bits per heavy atom. The lowest BCUT2D eigenvalue weighted by Gasteiger charge is -2.40. The first kappa shape index (κ1) is 72.4. The molecule has 0 saturated carbocycles. The van der Waals surface area contributed by atoms with E-state index in [0.717, 1.165) is 148 Å². The fourth-order valence-electron chi connectivity index (χ4n) is 8.64. The van der Waals surface area contributed by atoms with Crippen molar-refractivity contribution in [1.29, 1.82) is 0 Å². The Bertz CT molecular complexity index is 1790. The zero-order valence-electron chi connectivity index (χ0n) is 49.3. The molecule has 0 bridgehead atoms. The molecule has 0 aromatic carbocycles. The van der Waals surface area contributed by atoms with Crippen LogP contribution in [-0.4, -0.2) is 89.2 Å². The molecule has 1 heterocycles. The Balaban J connectivity index is 2.70. The van der Waals surface area contributed by atoms with Crippen LogP contribution >= 0.6 is 0 Å². The molecule has 0 amide bonds. The first-order valence-corrected chi connectivity index (χ1v) is 30.9. The van der Waals surface area contributed by atoms with Gasteiger partial charge in [0.25, 0.3) is 0 Å². The minimum Gasteiger partial charge on any atom is -0.479 e. The van der Waals surface area contributed by atoms with E-state index in [4.69, 9.17) is 23.7 Å². The number of aliphatic hydroxyl groups excluding tert-OH is 2. The zero-order valence-corrected chi connectivity index (χ0v) is 49.3. The van der Waals surface area contributed by atoms with Crippen LogP contribution in [0.1, 0.15) is 239 Å². The molecular weight excluding hydrogens is 997 g/mol. The van der Waals surface area contributed by atoms with Gasteiger partial charge < -0.3 is 39.0 Å². The molecule has 0 spiro atoms. The summed E-state index contributed by atoms with van der Waals surface area (Å²) in [5.74, 6) is -3.19. The van der Waals surface area contributed by atoms with Gasteiger partial charge in [-0.25, -0.2) is 4.79 Å². The second-order valence-corrected chi connectivity index (χ2v) is 20.6. The van der Waals surface area contributed by atoms with E-state index < -0.39 is 67.3 Å². The third kappa shape index (κ3) is 43.8. The smallest absolute Gasteiger partial charge is 0.335 e. The number of hydrogen-bond acceptors (Lipinski definition) is 11. The number of carbonyl (C=O) groups excluding carboxylic acids is 3. The minimum atomic E-state index is -1.92. The number of allylic oxidation sites excluding steroid dienone is 18. The quantitative estimate of drug-likeness (QED) is 0.0228. The Hall–Kier alpha value is -4.62. The van der Waals surface area contributed by atoms with Gasteiger partial charge in [-0.05, 0) is 122 Å². The highest BCUT2D eigenvalue weighted by atomic mass is 16.7. The molecule has 79 heavy (non-hydrogen) atoms. The molecule has 1 rings (SSSR count). The van der Waals surface area contributed by atoms with E-state index in [1.165, 1.54) is 32.1 Å². The summed E-state index contributed by atoms with van der Waals surface area (Å²) in [6.45, 7) is 5.73. The molecule has 6 atom stereocenters. The summed E-state index contributed by atoms with van der Waals surface area (Å²) in [5.41, 5.74) is 0. The van der Waals surface area contributed by atoms with Crippen LogP contribution < -0.4 is 0 Å². The third-order valence-corrected chi connectivity index (χ3v) is 13.3. The van der Waals surface area contributed by atoms with Crippen LogP contribution in [0.5, 0.6) is 0 Å². The van der Waals surface area contributed by atoms with E-state index >= 15 is 0 Å². The van der Waals surface area contributed by atoms with Crippen molar-refractivity contribution >= 4 is 23.9 Å². The topological polar surface area (TPSA) is 175 Å². The first-order chi connectivity index (χ1) is 38.6. The van der Waals surface area contributed by atoms with Crippen molar-refractivity contribution in [1.82, 2.24) is 0 Å². The summed E-state index contributed by atoms with van der Waals surface area (Å²) in [5, 5.41) is 31.5. The maximum atomic E-state index is 13.2. The maximum absolute atomic E-state index is 13.2. The normalized spacial score (nSPS) is 18.6. The van der Waals surface area contributed by atoms with Crippen LogP contribution in [0, 0.1) is 0 Å². The van der Waals surface area contributed by atoms with E-state index in [2.05, 4.69) is 130 Å². The molecular formula is C67H108O12. The van der Waals surface area contributed by atoms with Crippen LogP contribution in [0.15, 0.2) is 109 Å². The number of hydrogen-bond donors (Lipinski definition) is 3. The third-order valence-electron chi connectivity index (χ3n) is 13.3. The number of ether oxygens (including phenoxy) is 5. The molecule has 3 N–H and O–H groups in total. The van der Waals surface area contributed by atoms with E-state index in [9.17, 15) is 34.5 Å². The highest BCUT2D eigenvalue weighted by Crippen LogP contribution is 2.26. The van der Waals surface area contributed by atoms with Crippen LogP contribution in [0.2, 0.25) is 0 Å². The monoisotopic (exact) mass is 1100 g/mol. The van der Waals surface area contributed by atoms with Crippen LogP contribution in [0.3, 0.4) is 0 Å². The summed E-state index contributed by atoms with van der Waals surface area (Å²) in [4.78, 5) is 51.2. The molecule has 6 unspecified atom stereocenters. The lowest BCUT2D eigenvalue weighted by molar-refractivity contribution is -0.301. The molecule has 12 nitrogen and oxygen atoms in total. The fourth-order valence-corrected chi connectivity index (χ4v) is 8.64. The zero-order chi connectivity index (χ0) is 57.5.